The lowest BCUT2D eigenvalue weighted by molar-refractivity contribution is -0.128. The lowest BCUT2D eigenvalue weighted by atomic mass is 10.1. The Morgan fingerprint density at radius 1 is 1.06 bits per heavy atom. The van der Waals surface area contributed by atoms with E-state index in [0.29, 0.717) is 18.0 Å². The van der Waals surface area contributed by atoms with Crippen molar-refractivity contribution in [1.29, 1.82) is 0 Å². The van der Waals surface area contributed by atoms with E-state index in [1.54, 1.807) is 24.3 Å². The molecule has 2 aromatic carbocycles. The zero-order chi connectivity index (χ0) is 21.8. The van der Waals surface area contributed by atoms with Crippen molar-refractivity contribution in [2.75, 3.05) is 48.3 Å². The molecule has 1 N–H and O–H groups in total. The van der Waals surface area contributed by atoms with Crippen molar-refractivity contribution in [1.82, 2.24) is 5.32 Å². The van der Waals surface area contributed by atoms with Crippen LogP contribution >= 0.6 is 0 Å². The van der Waals surface area contributed by atoms with Gasteiger partial charge < -0.3 is 19.7 Å². The lowest BCUT2D eigenvalue weighted by Gasteiger charge is -2.28. The Kier molecular flexibility index (Phi) is 6.33. The van der Waals surface area contributed by atoms with Crippen LogP contribution in [0.25, 0.3) is 0 Å². The summed E-state index contributed by atoms with van der Waals surface area (Å²) < 4.78 is 37.0. The number of nitrogens with one attached hydrogen (secondary N) is 1. The molecule has 1 atom stereocenters. The Labute approximate surface area is 182 Å². The minimum atomic E-state index is -3.47. The number of hydrogen-bond acceptors (Lipinski definition) is 6. The number of sulfonamides is 1. The summed E-state index contributed by atoms with van der Waals surface area (Å²) in [4.78, 5) is 15.1. The normalized spacial score (nSPS) is 19.2. The first-order chi connectivity index (χ1) is 14.9. The molecular formula is C22H27N3O5S. The highest BCUT2D eigenvalue weighted by molar-refractivity contribution is 7.92. The van der Waals surface area contributed by atoms with Gasteiger partial charge in [-0.25, -0.2) is 8.42 Å². The number of hydrogen-bond donors (Lipinski definition) is 1. The van der Waals surface area contributed by atoms with E-state index in [1.165, 1.54) is 4.31 Å². The molecule has 2 aromatic rings. The number of rotatable bonds is 5. The predicted octanol–water partition coefficient (Wildman–Crippen LogP) is 1.76. The largest absolute Gasteiger partial charge is 0.478 e. The second-order valence-corrected chi connectivity index (χ2v) is 9.59. The van der Waals surface area contributed by atoms with Crippen molar-refractivity contribution in [2.24, 2.45) is 0 Å². The van der Waals surface area contributed by atoms with Crippen LogP contribution in [0.1, 0.15) is 12.0 Å². The molecule has 0 spiro atoms. The van der Waals surface area contributed by atoms with Gasteiger partial charge in [-0.3, -0.25) is 9.10 Å². The molecule has 4 rings (SSSR count). The average molecular weight is 446 g/mol. The molecule has 0 saturated carbocycles. The Morgan fingerprint density at radius 3 is 2.48 bits per heavy atom. The van der Waals surface area contributed by atoms with E-state index in [4.69, 9.17) is 9.47 Å². The summed E-state index contributed by atoms with van der Waals surface area (Å²) in [5, 5.41) is 2.91. The Balaban J connectivity index is 1.39. The van der Waals surface area contributed by atoms with Crippen LogP contribution in [0, 0.1) is 0 Å². The van der Waals surface area contributed by atoms with E-state index in [0.717, 1.165) is 43.8 Å². The average Bonchev–Trinajstić information content (AvgIpc) is 2.98. The van der Waals surface area contributed by atoms with E-state index in [2.05, 4.69) is 22.3 Å². The second-order valence-electron chi connectivity index (χ2n) is 7.68. The maximum atomic E-state index is 12.8. The van der Waals surface area contributed by atoms with Gasteiger partial charge in [0, 0.05) is 38.3 Å². The number of amides is 1. The fraction of sp³-hybridized carbons (Fsp3) is 0.409. The van der Waals surface area contributed by atoms with Gasteiger partial charge in [-0.05, 0) is 29.8 Å². The molecule has 2 aliphatic heterocycles. The zero-order valence-corrected chi connectivity index (χ0v) is 18.3. The molecule has 1 fully saturated rings. The van der Waals surface area contributed by atoms with Gasteiger partial charge in [-0.2, -0.15) is 0 Å². The van der Waals surface area contributed by atoms with Crippen molar-refractivity contribution >= 4 is 27.3 Å². The summed E-state index contributed by atoms with van der Waals surface area (Å²) in [7, 11) is -3.47. The number of carbonyl (C=O) groups excluding carboxylic acids is 1. The van der Waals surface area contributed by atoms with E-state index >= 15 is 0 Å². The molecule has 2 heterocycles. The van der Waals surface area contributed by atoms with Gasteiger partial charge in [-0.15, -0.1) is 0 Å². The third-order valence-electron chi connectivity index (χ3n) is 5.47. The second kappa shape index (κ2) is 9.15. The van der Waals surface area contributed by atoms with Crippen molar-refractivity contribution in [3.05, 3.63) is 54.1 Å². The van der Waals surface area contributed by atoms with Crippen LogP contribution in [0.3, 0.4) is 0 Å². The van der Waals surface area contributed by atoms with Crippen LogP contribution < -0.4 is 19.3 Å². The monoisotopic (exact) mass is 445 g/mol. The molecule has 1 amide bonds. The molecular weight excluding hydrogens is 418 g/mol. The summed E-state index contributed by atoms with van der Waals surface area (Å²) in [6.45, 7) is 3.78. The van der Waals surface area contributed by atoms with Gasteiger partial charge in [0.05, 0.1) is 25.2 Å². The summed E-state index contributed by atoms with van der Waals surface area (Å²) >= 11 is 0. The van der Waals surface area contributed by atoms with Gasteiger partial charge in [0.1, 0.15) is 5.75 Å². The minimum absolute atomic E-state index is 0.183. The summed E-state index contributed by atoms with van der Waals surface area (Å²) in [6, 6.07) is 15.0. The van der Waals surface area contributed by atoms with E-state index in [9.17, 15) is 13.2 Å². The standard InChI is InChI=1S/C22H27N3O5S/c1-31(27,28)25-11-10-21(30-20-5-3-2-4-19(20)25)22(26)23-16-17-6-8-18(9-7-17)24-12-14-29-15-13-24/h2-9,21H,10-16H2,1H3,(H,23,26)/t21-/m1/s1. The third kappa shape index (κ3) is 5.11. The molecule has 166 valence electrons. The highest BCUT2D eigenvalue weighted by atomic mass is 32.2. The molecule has 0 aliphatic carbocycles. The molecule has 0 aromatic heterocycles. The van der Waals surface area contributed by atoms with Crippen molar-refractivity contribution in [2.45, 2.75) is 19.1 Å². The molecule has 1 saturated heterocycles. The highest BCUT2D eigenvalue weighted by Gasteiger charge is 2.30. The molecule has 8 nitrogen and oxygen atoms in total. The topological polar surface area (TPSA) is 88.2 Å². The fourth-order valence-electron chi connectivity index (χ4n) is 3.81. The first kappa shape index (κ1) is 21.5. The van der Waals surface area contributed by atoms with Crippen LogP contribution in [0.5, 0.6) is 5.75 Å². The zero-order valence-electron chi connectivity index (χ0n) is 17.5. The van der Waals surface area contributed by atoms with Crippen LogP contribution in [0.15, 0.2) is 48.5 Å². The fourth-order valence-corrected chi connectivity index (χ4v) is 4.75. The van der Waals surface area contributed by atoms with Gasteiger partial charge >= 0.3 is 0 Å². The number of morpholine rings is 1. The molecule has 31 heavy (non-hydrogen) atoms. The Morgan fingerprint density at radius 2 is 1.77 bits per heavy atom. The van der Waals surface area contributed by atoms with Crippen molar-refractivity contribution in [3.8, 4) is 5.75 Å². The van der Waals surface area contributed by atoms with Gasteiger partial charge in [0.2, 0.25) is 10.0 Å². The van der Waals surface area contributed by atoms with Gasteiger partial charge in [-0.1, -0.05) is 24.3 Å². The molecule has 0 radical (unpaired) electrons. The maximum absolute atomic E-state index is 12.8. The van der Waals surface area contributed by atoms with E-state index < -0.39 is 16.1 Å². The summed E-state index contributed by atoms with van der Waals surface area (Å²) in [5.74, 6) is 0.128. The summed E-state index contributed by atoms with van der Waals surface area (Å²) in [6.07, 6.45) is 0.662. The van der Waals surface area contributed by atoms with Crippen molar-refractivity contribution < 1.29 is 22.7 Å². The number of fused-ring (bicyclic) bond motifs is 1. The predicted molar refractivity (Wildman–Crippen MR) is 119 cm³/mol. The number of para-hydroxylation sites is 2. The Hall–Kier alpha value is -2.78. The highest BCUT2D eigenvalue weighted by Crippen LogP contribution is 2.33. The first-order valence-electron chi connectivity index (χ1n) is 10.3. The van der Waals surface area contributed by atoms with Gasteiger partial charge in [0.15, 0.2) is 6.10 Å². The third-order valence-corrected chi connectivity index (χ3v) is 6.65. The number of anilines is 2. The van der Waals surface area contributed by atoms with Crippen LogP contribution in [0.4, 0.5) is 11.4 Å². The molecule has 2 aliphatic rings. The molecule has 0 bridgehead atoms. The van der Waals surface area contributed by atoms with E-state index in [-0.39, 0.29) is 18.9 Å². The van der Waals surface area contributed by atoms with Crippen LogP contribution in [0.2, 0.25) is 0 Å². The first-order valence-corrected chi connectivity index (χ1v) is 12.2. The smallest absolute Gasteiger partial charge is 0.261 e. The molecule has 0 unspecified atom stereocenters. The Bertz CT molecular complexity index is 1020. The maximum Gasteiger partial charge on any atom is 0.261 e. The van der Waals surface area contributed by atoms with Gasteiger partial charge in [0.25, 0.3) is 5.91 Å². The number of carbonyl (C=O) groups is 1. The lowest BCUT2D eigenvalue weighted by Crippen LogP contribution is -2.39. The minimum Gasteiger partial charge on any atom is -0.478 e. The summed E-state index contributed by atoms with van der Waals surface area (Å²) in [5.41, 5.74) is 2.58. The SMILES string of the molecule is CS(=O)(=O)N1CC[C@H](C(=O)NCc2ccc(N3CCOCC3)cc2)Oc2ccccc21. The number of benzene rings is 2. The van der Waals surface area contributed by atoms with Crippen LogP contribution in [-0.2, 0) is 26.1 Å². The van der Waals surface area contributed by atoms with Crippen molar-refractivity contribution in [3.63, 3.8) is 0 Å². The van der Waals surface area contributed by atoms with E-state index in [1.807, 2.05) is 12.1 Å². The number of ether oxygens (including phenoxy) is 2. The quantitative estimate of drug-likeness (QED) is 0.755. The number of nitrogens with zero attached hydrogens (tertiary/aromatic N) is 2. The molecule has 9 heteroatoms. The van der Waals surface area contributed by atoms with Crippen LogP contribution in [-0.4, -0.2) is 59.5 Å².